The molecule has 0 amide bonds. The van der Waals surface area contributed by atoms with Crippen molar-refractivity contribution in [1.29, 1.82) is 0 Å². The third kappa shape index (κ3) is 4.92. The van der Waals surface area contributed by atoms with Crippen LogP contribution in [0.1, 0.15) is 37.6 Å². The summed E-state index contributed by atoms with van der Waals surface area (Å²) in [7, 11) is 0. The van der Waals surface area contributed by atoms with Crippen molar-refractivity contribution in [2.24, 2.45) is 16.8 Å². The molecule has 2 heterocycles. The van der Waals surface area contributed by atoms with Gasteiger partial charge in [-0.3, -0.25) is 9.55 Å². The van der Waals surface area contributed by atoms with Crippen molar-refractivity contribution in [2.75, 3.05) is 6.61 Å². The lowest BCUT2D eigenvalue weighted by molar-refractivity contribution is 0.0780. The number of aliphatic hydroxyl groups excluding tert-OH is 2. The Kier molecular flexibility index (Phi) is 6.73. The van der Waals surface area contributed by atoms with Gasteiger partial charge in [0.1, 0.15) is 0 Å². The van der Waals surface area contributed by atoms with Crippen LogP contribution in [0.3, 0.4) is 0 Å². The van der Waals surface area contributed by atoms with Gasteiger partial charge in [-0.05, 0) is 49.8 Å². The number of hydrogen-bond acceptors (Lipinski definition) is 7. The Bertz CT molecular complexity index is 1280. The molecule has 32 heavy (non-hydrogen) atoms. The van der Waals surface area contributed by atoms with Crippen molar-refractivity contribution >= 4 is 27.2 Å². The average molecular weight is 460 g/mol. The highest BCUT2D eigenvalue weighted by Gasteiger charge is 2.21. The molecule has 9 nitrogen and oxygen atoms in total. The van der Waals surface area contributed by atoms with Gasteiger partial charge in [0, 0.05) is 6.54 Å². The van der Waals surface area contributed by atoms with Crippen LogP contribution >= 0.6 is 11.3 Å². The first kappa shape index (κ1) is 22.6. The SMILES string of the molecule is Cc1nc2ccc(/N=c3\[nH]c(=O)n(C[C@H](O)CO)c(=O)n3CC3CCC(C)CC3)cc2s1. The molecule has 3 N–H and O–H groups in total. The molecule has 10 heteroatoms. The number of benzene rings is 1. The minimum Gasteiger partial charge on any atom is -0.394 e. The Morgan fingerprint density at radius 2 is 2.00 bits per heavy atom. The second-order valence-electron chi connectivity index (χ2n) is 8.72. The number of aromatic nitrogens is 4. The van der Waals surface area contributed by atoms with E-state index in [1.165, 1.54) is 4.57 Å². The summed E-state index contributed by atoms with van der Waals surface area (Å²) in [6.07, 6.45) is 3.05. The highest BCUT2D eigenvalue weighted by atomic mass is 32.1. The first-order valence-corrected chi connectivity index (χ1v) is 11.8. The van der Waals surface area contributed by atoms with Crippen LogP contribution in [0, 0.1) is 18.8 Å². The number of aryl methyl sites for hydroxylation is 1. The van der Waals surface area contributed by atoms with Crippen LogP contribution in [0.5, 0.6) is 0 Å². The Labute approximate surface area is 188 Å². The molecule has 0 radical (unpaired) electrons. The molecule has 2 aromatic heterocycles. The Hall–Kier alpha value is -2.56. The summed E-state index contributed by atoms with van der Waals surface area (Å²) in [6, 6.07) is 5.58. The van der Waals surface area contributed by atoms with Crippen LogP contribution in [-0.2, 0) is 13.1 Å². The van der Waals surface area contributed by atoms with Crippen LogP contribution in [0.4, 0.5) is 5.69 Å². The minimum absolute atomic E-state index is 0.189. The number of H-pyrrole nitrogens is 1. The summed E-state index contributed by atoms with van der Waals surface area (Å²) in [4.78, 5) is 37.7. The Balaban J connectivity index is 1.80. The fourth-order valence-electron chi connectivity index (χ4n) is 4.23. The van der Waals surface area contributed by atoms with Gasteiger partial charge in [0.2, 0.25) is 5.62 Å². The summed E-state index contributed by atoms with van der Waals surface area (Å²) in [5.41, 5.74) is 0.500. The lowest BCUT2D eigenvalue weighted by Crippen LogP contribution is -2.52. The van der Waals surface area contributed by atoms with E-state index in [4.69, 9.17) is 5.11 Å². The number of nitrogens with zero attached hydrogens (tertiary/aromatic N) is 4. The van der Waals surface area contributed by atoms with Gasteiger partial charge in [0.25, 0.3) is 0 Å². The fraction of sp³-hybridized carbons (Fsp3) is 0.545. The topological polar surface area (TPSA) is 126 Å². The summed E-state index contributed by atoms with van der Waals surface area (Å²) < 4.78 is 3.41. The van der Waals surface area contributed by atoms with Gasteiger partial charge in [0.05, 0.1) is 40.2 Å². The first-order valence-electron chi connectivity index (χ1n) is 11.0. The van der Waals surface area contributed by atoms with E-state index in [2.05, 4.69) is 21.9 Å². The maximum Gasteiger partial charge on any atom is 0.335 e. The molecule has 0 spiro atoms. The predicted octanol–water partition coefficient (Wildman–Crippen LogP) is 1.67. The molecule has 1 atom stereocenters. The van der Waals surface area contributed by atoms with Gasteiger partial charge in [-0.15, -0.1) is 11.3 Å². The van der Waals surface area contributed by atoms with E-state index in [1.807, 2.05) is 25.1 Å². The minimum atomic E-state index is -1.20. The number of rotatable bonds is 6. The highest BCUT2D eigenvalue weighted by Crippen LogP contribution is 2.29. The standard InChI is InChI=1S/C22H29N5O4S/c1-13-3-5-15(6-4-13)10-26-20(25-21(30)27(22(26)31)11-17(29)12-28)24-16-7-8-18-19(9-16)32-14(2)23-18/h7-9,13,15,17,28-29H,3-6,10-12H2,1-2H3,(H,24,25,30)/t13?,15?,17-/m0/s1. The van der Waals surface area contributed by atoms with Crippen LogP contribution in [-0.4, -0.2) is 42.0 Å². The number of thiazole rings is 1. The monoisotopic (exact) mass is 459 g/mol. The Morgan fingerprint density at radius 3 is 2.72 bits per heavy atom. The number of aliphatic hydroxyl groups is 2. The van der Waals surface area contributed by atoms with Crippen LogP contribution in [0.2, 0.25) is 0 Å². The molecule has 0 saturated heterocycles. The molecule has 1 aliphatic rings. The van der Waals surface area contributed by atoms with Gasteiger partial charge in [-0.1, -0.05) is 19.8 Å². The highest BCUT2D eigenvalue weighted by molar-refractivity contribution is 7.18. The van der Waals surface area contributed by atoms with Gasteiger partial charge in [0.15, 0.2) is 0 Å². The van der Waals surface area contributed by atoms with Crippen LogP contribution in [0.25, 0.3) is 10.2 Å². The van der Waals surface area contributed by atoms with Gasteiger partial charge in [-0.2, -0.15) is 0 Å². The maximum atomic E-state index is 13.3. The number of aromatic amines is 1. The van der Waals surface area contributed by atoms with Crippen molar-refractivity contribution in [3.8, 4) is 0 Å². The zero-order valence-corrected chi connectivity index (χ0v) is 19.1. The third-order valence-corrected chi connectivity index (χ3v) is 7.01. The number of fused-ring (bicyclic) bond motifs is 1. The zero-order valence-electron chi connectivity index (χ0n) is 18.3. The molecule has 172 valence electrons. The predicted molar refractivity (Wildman–Crippen MR) is 123 cm³/mol. The molecular weight excluding hydrogens is 430 g/mol. The van der Waals surface area contributed by atoms with E-state index in [0.717, 1.165) is 45.5 Å². The quantitative estimate of drug-likeness (QED) is 0.517. The summed E-state index contributed by atoms with van der Waals surface area (Å²) in [6.45, 7) is 3.81. The van der Waals surface area contributed by atoms with Crippen molar-refractivity contribution in [2.45, 2.75) is 58.7 Å². The third-order valence-electron chi connectivity index (χ3n) is 6.08. The zero-order chi connectivity index (χ0) is 22.8. The molecule has 3 aromatic rings. The van der Waals surface area contributed by atoms with Gasteiger partial charge >= 0.3 is 11.4 Å². The summed E-state index contributed by atoms with van der Waals surface area (Å²) in [5.74, 6) is 0.994. The smallest absolute Gasteiger partial charge is 0.335 e. The lowest BCUT2D eigenvalue weighted by atomic mass is 9.83. The van der Waals surface area contributed by atoms with E-state index in [0.29, 0.717) is 24.1 Å². The summed E-state index contributed by atoms with van der Waals surface area (Å²) in [5, 5.41) is 19.9. The largest absolute Gasteiger partial charge is 0.394 e. The molecule has 0 aliphatic heterocycles. The second-order valence-corrected chi connectivity index (χ2v) is 9.95. The molecule has 0 bridgehead atoms. The van der Waals surface area contributed by atoms with E-state index < -0.39 is 24.1 Å². The average Bonchev–Trinajstić information content (AvgIpc) is 3.14. The number of nitrogens with one attached hydrogen (secondary N) is 1. The van der Waals surface area contributed by atoms with Gasteiger partial charge in [-0.25, -0.2) is 24.1 Å². The van der Waals surface area contributed by atoms with Crippen LogP contribution in [0.15, 0.2) is 32.8 Å². The molecule has 4 rings (SSSR count). The maximum absolute atomic E-state index is 13.3. The van der Waals surface area contributed by atoms with Crippen LogP contribution < -0.4 is 17.0 Å². The van der Waals surface area contributed by atoms with E-state index in [-0.39, 0.29) is 12.2 Å². The van der Waals surface area contributed by atoms with E-state index in [9.17, 15) is 14.7 Å². The fourth-order valence-corrected chi connectivity index (χ4v) is 5.09. The van der Waals surface area contributed by atoms with Crippen molar-refractivity contribution in [3.63, 3.8) is 0 Å². The molecule has 0 unspecified atom stereocenters. The normalized spacial score (nSPS) is 20.7. The molecule has 1 aromatic carbocycles. The van der Waals surface area contributed by atoms with E-state index >= 15 is 0 Å². The molecular formula is C22H29N5O4S. The molecule has 1 fully saturated rings. The van der Waals surface area contributed by atoms with Crippen molar-refractivity contribution in [1.82, 2.24) is 19.1 Å². The van der Waals surface area contributed by atoms with Crippen molar-refractivity contribution < 1.29 is 10.2 Å². The Morgan fingerprint density at radius 1 is 1.25 bits per heavy atom. The molecule has 1 aliphatic carbocycles. The van der Waals surface area contributed by atoms with Gasteiger partial charge < -0.3 is 10.2 Å². The summed E-state index contributed by atoms with van der Waals surface area (Å²) >= 11 is 1.56. The number of hydrogen-bond donors (Lipinski definition) is 3. The molecule has 1 saturated carbocycles. The lowest BCUT2D eigenvalue weighted by Gasteiger charge is -2.26. The first-order chi connectivity index (χ1) is 15.3. The second kappa shape index (κ2) is 9.51. The van der Waals surface area contributed by atoms with E-state index in [1.54, 1.807) is 11.3 Å². The van der Waals surface area contributed by atoms with Crippen molar-refractivity contribution in [3.05, 3.63) is 49.8 Å².